The molecule has 0 spiro atoms. The van der Waals surface area contributed by atoms with Crippen molar-refractivity contribution in [2.75, 3.05) is 6.61 Å². The van der Waals surface area contributed by atoms with Crippen LogP contribution in [0.4, 0.5) is 0 Å². The largest absolute Gasteiger partial charge is 0.462 e. The van der Waals surface area contributed by atoms with Gasteiger partial charge in [0.05, 0.1) is 25.2 Å². The summed E-state index contributed by atoms with van der Waals surface area (Å²) in [7, 11) is 0. The van der Waals surface area contributed by atoms with Gasteiger partial charge in [-0.3, -0.25) is 9.59 Å². The Kier molecular flexibility index (Phi) is 46.6. The fourth-order valence-electron chi connectivity index (χ4n) is 7.65. The van der Waals surface area contributed by atoms with Crippen LogP contribution >= 0.6 is 0 Å². The summed E-state index contributed by atoms with van der Waals surface area (Å²) < 4.78 is 5.91. The Morgan fingerprint density at radius 3 is 1.39 bits per heavy atom. The molecule has 61 heavy (non-hydrogen) atoms. The van der Waals surface area contributed by atoms with Crippen LogP contribution in [-0.2, 0) is 14.3 Å². The van der Waals surface area contributed by atoms with Gasteiger partial charge >= 0.3 is 5.97 Å². The van der Waals surface area contributed by atoms with Crippen LogP contribution in [0, 0.1) is 0 Å². The molecular weight excluding hydrogens is 755 g/mol. The lowest BCUT2D eigenvalue weighted by atomic mass is 10.0. The minimum atomic E-state index is -0.798. The van der Waals surface area contributed by atoms with Gasteiger partial charge in [-0.25, -0.2) is 0 Å². The molecule has 0 aliphatic heterocycles. The number of esters is 1. The standard InChI is InChI=1S/C55H99NO5/c1-4-7-10-13-16-19-22-24-25-26-27-28-29-30-33-36-39-42-45-48-55(60)61-51(46-43-40-37-34-32-23-20-17-14-11-8-5-2)49-54(59)56-52(50-57)53(58)47-44-41-38-35-31-21-18-15-12-9-6-3/h8,11,16-17,19-20,24-25,32,34,51-53,57-58H,4-7,9-10,12-15,18,21-23,26-31,33,35-50H2,1-3H3,(H,56,59)/b11-8+,19-16-,20-17+,25-24-,34-32+. The van der Waals surface area contributed by atoms with E-state index in [1.54, 1.807) is 0 Å². The van der Waals surface area contributed by atoms with E-state index in [-0.39, 0.29) is 24.9 Å². The summed E-state index contributed by atoms with van der Waals surface area (Å²) in [4.78, 5) is 26.1. The van der Waals surface area contributed by atoms with Gasteiger partial charge in [-0.2, -0.15) is 0 Å². The van der Waals surface area contributed by atoms with Crippen LogP contribution in [0.15, 0.2) is 60.8 Å². The Balaban J connectivity index is 4.55. The zero-order valence-electron chi connectivity index (χ0n) is 40.3. The first-order chi connectivity index (χ1) is 30.0. The Morgan fingerprint density at radius 1 is 0.492 bits per heavy atom. The van der Waals surface area contributed by atoms with Gasteiger partial charge in [-0.1, -0.05) is 210 Å². The average molecular weight is 854 g/mol. The lowest BCUT2D eigenvalue weighted by Crippen LogP contribution is -2.46. The van der Waals surface area contributed by atoms with E-state index >= 15 is 0 Å². The lowest BCUT2D eigenvalue weighted by Gasteiger charge is -2.24. The molecule has 3 N–H and O–H groups in total. The Labute approximate surface area is 378 Å². The second-order valence-corrected chi connectivity index (χ2v) is 17.5. The van der Waals surface area contributed by atoms with E-state index in [0.717, 1.165) is 83.5 Å². The molecule has 6 nitrogen and oxygen atoms in total. The molecule has 0 aliphatic carbocycles. The molecule has 354 valence electrons. The second-order valence-electron chi connectivity index (χ2n) is 17.5. The maximum atomic E-state index is 13.2. The molecule has 3 atom stereocenters. The van der Waals surface area contributed by atoms with Crippen molar-refractivity contribution < 1.29 is 24.5 Å². The SMILES string of the molecule is CC/C=C/C/C=C/C/C=C/CCCCC(CC(=O)NC(CO)C(O)CCCCCCCCCCCCC)OC(=O)CCCCCCCCCCC/C=C\C/C=C\CCCCC. The predicted molar refractivity (Wildman–Crippen MR) is 264 cm³/mol. The number of rotatable bonds is 46. The summed E-state index contributed by atoms with van der Waals surface area (Å²) in [6, 6.07) is -0.714. The molecule has 0 heterocycles. The van der Waals surface area contributed by atoms with E-state index in [2.05, 4.69) is 86.8 Å². The number of aliphatic hydroxyl groups is 2. The quantitative estimate of drug-likeness (QED) is 0.0322. The third-order valence-electron chi connectivity index (χ3n) is 11.6. The van der Waals surface area contributed by atoms with E-state index in [1.165, 1.54) is 122 Å². The van der Waals surface area contributed by atoms with E-state index in [9.17, 15) is 19.8 Å². The fourth-order valence-corrected chi connectivity index (χ4v) is 7.65. The molecule has 0 rings (SSSR count). The maximum absolute atomic E-state index is 13.2. The summed E-state index contributed by atoms with van der Waals surface area (Å²) in [6.45, 7) is 6.33. The molecule has 0 saturated carbocycles. The first kappa shape index (κ1) is 58.6. The number of aliphatic hydroxyl groups excluding tert-OH is 2. The van der Waals surface area contributed by atoms with Crippen molar-refractivity contribution in [1.82, 2.24) is 5.32 Å². The van der Waals surface area contributed by atoms with Gasteiger partial charge in [0.25, 0.3) is 0 Å². The van der Waals surface area contributed by atoms with Gasteiger partial charge in [0.1, 0.15) is 6.10 Å². The number of unbranched alkanes of at least 4 members (excludes halogenated alkanes) is 24. The Bertz CT molecular complexity index is 1090. The van der Waals surface area contributed by atoms with Gasteiger partial charge in [0.2, 0.25) is 5.91 Å². The summed E-state index contributed by atoms with van der Waals surface area (Å²) in [6.07, 6.45) is 60.0. The van der Waals surface area contributed by atoms with Crippen LogP contribution < -0.4 is 5.32 Å². The van der Waals surface area contributed by atoms with E-state index in [4.69, 9.17) is 4.74 Å². The van der Waals surface area contributed by atoms with Gasteiger partial charge in [-0.15, -0.1) is 0 Å². The molecule has 0 aromatic carbocycles. The smallest absolute Gasteiger partial charge is 0.306 e. The van der Waals surface area contributed by atoms with Gasteiger partial charge < -0.3 is 20.3 Å². The Morgan fingerprint density at radius 2 is 0.885 bits per heavy atom. The summed E-state index contributed by atoms with van der Waals surface area (Å²) in [5.74, 6) is -0.516. The molecule has 1 amide bonds. The highest BCUT2D eigenvalue weighted by atomic mass is 16.5. The highest BCUT2D eigenvalue weighted by Gasteiger charge is 2.24. The highest BCUT2D eigenvalue weighted by molar-refractivity contribution is 5.77. The lowest BCUT2D eigenvalue weighted by molar-refractivity contribution is -0.151. The minimum absolute atomic E-state index is 0.0489. The van der Waals surface area contributed by atoms with Crippen molar-refractivity contribution in [2.45, 2.75) is 270 Å². The summed E-state index contributed by atoms with van der Waals surface area (Å²) in [5, 5.41) is 23.7. The van der Waals surface area contributed by atoms with Crippen LogP contribution in [-0.4, -0.2) is 46.9 Å². The van der Waals surface area contributed by atoms with Crippen molar-refractivity contribution in [3.8, 4) is 0 Å². The maximum Gasteiger partial charge on any atom is 0.306 e. The number of ether oxygens (including phenoxy) is 1. The molecular formula is C55H99NO5. The number of amides is 1. The van der Waals surface area contributed by atoms with Gasteiger partial charge in [0.15, 0.2) is 0 Å². The van der Waals surface area contributed by atoms with E-state index < -0.39 is 18.2 Å². The molecule has 6 heteroatoms. The van der Waals surface area contributed by atoms with Crippen molar-refractivity contribution in [2.24, 2.45) is 0 Å². The highest BCUT2D eigenvalue weighted by Crippen LogP contribution is 2.17. The normalized spacial score (nSPS) is 13.7. The molecule has 0 fully saturated rings. The average Bonchev–Trinajstić information content (AvgIpc) is 3.25. The molecule has 0 aromatic heterocycles. The van der Waals surface area contributed by atoms with Crippen molar-refractivity contribution in [1.29, 1.82) is 0 Å². The van der Waals surface area contributed by atoms with Crippen LogP contribution in [0.3, 0.4) is 0 Å². The monoisotopic (exact) mass is 854 g/mol. The number of carbonyl (C=O) groups is 2. The second kappa shape index (κ2) is 48.6. The first-order valence-corrected chi connectivity index (χ1v) is 26.0. The number of allylic oxidation sites excluding steroid dienone is 10. The van der Waals surface area contributed by atoms with Crippen molar-refractivity contribution in [3.05, 3.63) is 60.8 Å². The van der Waals surface area contributed by atoms with E-state index in [0.29, 0.717) is 19.3 Å². The predicted octanol–water partition coefficient (Wildman–Crippen LogP) is 15.6. The molecule has 0 saturated heterocycles. The molecule has 0 bridgehead atoms. The number of hydrogen-bond donors (Lipinski definition) is 3. The zero-order chi connectivity index (χ0) is 44.5. The van der Waals surface area contributed by atoms with Crippen LogP contribution in [0.25, 0.3) is 0 Å². The van der Waals surface area contributed by atoms with Crippen LogP contribution in [0.2, 0.25) is 0 Å². The van der Waals surface area contributed by atoms with Gasteiger partial charge in [0, 0.05) is 6.42 Å². The van der Waals surface area contributed by atoms with E-state index in [1.807, 2.05) is 0 Å². The fraction of sp³-hybridized carbons (Fsp3) is 0.782. The third kappa shape index (κ3) is 44.0. The summed E-state index contributed by atoms with van der Waals surface area (Å²) >= 11 is 0. The molecule has 3 unspecified atom stereocenters. The molecule has 0 aromatic rings. The number of carbonyl (C=O) groups excluding carboxylic acids is 2. The van der Waals surface area contributed by atoms with Crippen LogP contribution in [0.5, 0.6) is 0 Å². The Hall–Kier alpha value is -2.44. The van der Waals surface area contributed by atoms with Crippen LogP contribution in [0.1, 0.15) is 252 Å². The summed E-state index contributed by atoms with van der Waals surface area (Å²) in [5.41, 5.74) is 0. The minimum Gasteiger partial charge on any atom is -0.462 e. The van der Waals surface area contributed by atoms with Crippen molar-refractivity contribution in [3.63, 3.8) is 0 Å². The molecule has 0 radical (unpaired) electrons. The number of hydrogen-bond acceptors (Lipinski definition) is 5. The molecule has 0 aliphatic rings. The third-order valence-corrected chi connectivity index (χ3v) is 11.6. The first-order valence-electron chi connectivity index (χ1n) is 26.0. The topological polar surface area (TPSA) is 95.9 Å². The van der Waals surface area contributed by atoms with Gasteiger partial charge in [-0.05, 0) is 89.9 Å². The van der Waals surface area contributed by atoms with Crippen molar-refractivity contribution >= 4 is 11.9 Å². The zero-order valence-corrected chi connectivity index (χ0v) is 40.3. The number of nitrogens with one attached hydrogen (secondary N) is 1.